The van der Waals surface area contributed by atoms with Gasteiger partial charge in [-0.1, -0.05) is 0 Å². The number of amides is 1. The lowest BCUT2D eigenvalue weighted by atomic mass is 10.2. The zero-order chi connectivity index (χ0) is 12.8. The molecule has 1 aromatic rings. The molecule has 0 aromatic carbocycles. The predicted molar refractivity (Wildman–Crippen MR) is 61.9 cm³/mol. The number of hydrogen-bond donors (Lipinski definition) is 2. The Morgan fingerprint density at radius 2 is 2.35 bits per heavy atom. The summed E-state index contributed by atoms with van der Waals surface area (Å²) in [6.45, 7) is 0.312. The summed E-state index contributed by atoms with van der Waals surface area (Å²) in [6, 6.07) is 2.74. The highest BCUT2D eigenvalue weighted by Crippen LogP contribution is 2.00. The third-order valence-corrected chi connectivity index (χ3v) is 2.21. The van der Waals surface area contributed by atoms with Gasteiger partial charge in [-0.3, -0.25) is 9.59 Å². The van der Waals surface area contributed by atoms with Gasteiger partial charge in [-0.15, -0.1) is 0 Å². The number of H-pyrrole nitrogens is 1. The third-order valence-electron chi connectivity index (χ3n) is 2.21. The van der Waals surface area contributed by atoms with Gasteiger partial charge in [0, 0.05) is 38.5 Å². The number of carbonyl (C=O) groups is 1. The fourth-order valence-corrected chi connectivity index (χ4v) is 1.44. The van der Waals surface area contributed by atoms with Crippen LogP contribution in [-0.2, 0) is 4.74 Å². The van der Waals surface area contributed by atoms with Crippen LogP contribution < -0.4 is 5.56 Å². The maximum absolute atomic E-state index is 11.9. The van der Waals surface area contributed by atoms with E-state index in [4.69, 9.17) is 4.74 Å². The van der Waals surface area contributed by atoms with Crippen molar-refractivity contribution in [2.24, 2.45) is 0 Å². The molecule has 1 aromatic heterocycles. The molecule has 1 atom stereocenters. The smallest absolute Gasteiger partial charge is 0.253 e. The minimum atomic E-state index is -0.740. The second-order valence-corrected chi connectivity index (χ2v) is 3.74. The molecule has 0 radical (unpaired) electrons. The highest BCUT2D eigenvalue weighted by Gasteiger charge is 2.15. The first-order chi connectivity index (χ1) is 8.04. The number of methoxy groups -OCH3 is 1. The molecule has 0 saturated heterocycles. The van der Waals surface area contributed by atoms with Crippen LogP contribution in [0.15, 0.2) is 23.1 Å². The molecule has 1 amide bonds. The van der Waals surface area contributed by atoms with E-state index in [0.29, 0.717) is 5.56 Å². The summed E-state index contributed by atoms with van der Waals surface area (Å²) >= 11 is 0. The number of nitrogens with one attached hydrogen (secondary N) is 1. The molecule has 0 saturated carbocycles. The summed E-state index contributed by atoms with van der Waals surface area (Å²) in [7, 11) is 3.03. The van der Waals surface area contributed by atoms with Crippen molar-refractivity contribution in [3.8, 4) is 0 Å². The normalized spacial score (nSPS) is 12.2. The topological polar surface area (TPSA) is 82.6 Å². The van der Waals surface area contributed by atoms with Crippen molar-refractivity contribution in [1.29, 1.82) is 0 Å². The van der Waals surface area contributed by atoms with Crippen LogP contribution in [0.2, 0.25) is 0 Å². The zero-order valence-corrected chi connectivity index (χ0v) is 9.84. The molecule has 0 bridgehead atoms. The van der Waals surface area contributed by atoms with Crippen LogP contribution in [0, 0.1) is 0 Å². The molecule has 0 fully saturated rings. The molecule has 17 heavy (non-hydrogen) atoms. The van der Waals surface area contributed by atoms with Crippen LogP contribution in [0.4, 0.5) is 0 Å². The number of likely N-dealkylation sites (N-methyl/N-ethyl adjacent to an activating group) is 1. The maximum Gasteiger partial charge on any atom is 0.253 e. The molecule has 1 heterocycles. The van der Waals surface area contributed by atoms with Crippen LogP contribution >= 0.6 is 0 Å². The maximum atomic E-state index is 11.9. The van der Waals surface area contributed by atoms with E-state index >= 15 is 0 Å². The molecule has 6 nitrogen and oxygen atoms in total. The fourth-order valence-electron chi connectivity index (χ4n) is 1.44. The van der Waals surface area contributed by atoms with Crippen molar-refractivity contribution in [2.75, 3.05) is 27.3 Å². The van der Waals surface area contributed by atoms with Gasteiger partial charge in [0.2, 0.25) is 5.56 Å². The van der Waals surface area contributed by atoms with Gasteiger partial charge in [-0.2, -0.15) is 0 Å². The molecule has 0 aliphatic heterocycles. The number of aromatic amines is 1. The largest absolute Gasteiger partial charge is 0.389 e. The lowest BCUT2D eigenvalue weighted by Gasteiger charge is -2.20. The Hall–Kier alpha value is -1.66. The number of rotatable bonds is 5. The molecule has 0 aliphatic rings. The van der Waals surface area contributed by atoms with E-state index in [2.05, 4.69) is 4.98 Å². The number of aliphatic hydroxyl groups excluding tert-OH is 1. The van der Waals surface area contributed by atoms with Gasteiger partial charge >= 0.3 is 0 Å². The second-order valence-electron chi connectivity index (χ2n) is 3.74. The van der Waals surface area contributed by atoms with Gasteiger partial charge in [0.25, 0.3) is 5.91 Å². The standard InChI is InChI=1S/C11H16N2O4/c1-13(6-9(14)7-17-2)11(16)8-3-4-12-10(15)5-8/h3-5,9,14H,6-7H2,1-2H3,(H,12,15). The molecular formula is C11H16N2O4. The summed E-state index contributed by atoms with van der Waals surface area (Å²) in [5.74, 6) is -0.314. The van der Waals surface area contributed by atoms with Crippen LogP contribution in [0.5, 0.6) is 0 Å². The fraction of sp³-hybridized carbons (Fsp3) is 0.455. The van der Waals surface area contributed by atoms with E-state index < -0.39 is 6.10 Å². The van der Waals surface area contributed by atoms with E-state index in [9.17, 15) is 14.7 Å². The molecule has 0 aliphatic carbocycles. The molecule has 1 rings (SSSR count). The van der Waals surface area contributed by atoms with Crippen molar-refractivity contribution in [1.82, 2.24) is 9.88 Å². The lowest BCUT2D eigenvalue weighted by Crippen LogP contribution is -2.36. The number of aromatic nitrogens is 1. The second kappa shape index (κ2) is 6.17. The monoisotopic (exact) mass is 240 g/mol. The number of ether oxygens (including phenoxy) is 1. The molecule has 1 unspecified atom stereocenters. The summed E-state index contributed by atoms with van der Waals surface area (Å²) < 4.78 is 4.77. The highest BCUT2D eigenvalue weighted by molar-refractivity contribution is 5.93. The van der Waals surface area contributed by atoms with Gasteiger partial charge < -0.3 is 19.7 Å². The number of pyridine rings is 1. The quantitative estimate of drug-likeness (QED) is 0.723. The summed E-state index contributed by atoms with van der Waals surface area (Å²) in [6.07, 6.45) is 0.672. The minimum Gasteiger partial charge on any atom is -0.389 e. The van der Waals surface area contributed by atoms with E-state index in [-0.39, 0.29) is 24.6 Å². The van der Waals surface area contributed by atoms with Crippen LogP contribution in [0.25, 0.3) is 0 Å². The minimum absolute atomic E-state index is 0.152. The predicted octanol–water partition coefficient (Wildman–Crippen LogP) is -0.546. The molecule has 94 valence electrons. The summed E-state index contributed by atoms with van der Waals surface area (Å²) in [4.78, 5) is 26.7. The number of hydrogen-bond acceptors (Lipinski definition) is 4. The van der Waals surface area contributed by atoms with E-state index in [1.165, 1.54) is 30.3 Å². The van der Waals surface area contributed by atoms with E-state index in [1.54, 1.807) is 7.05 Å². The Bertz CT molecular complexity index is 429. The average molecular weight is 240 g/mol. The third kappa shape index (κ3) is 4.01. The van der Waals surface area contributed by atoms with Gasteiger partial charge in [-0.05, 0) is 6.07 Å². The zero-order valence-electron chi connectivity index (χ0n) is 9.84. The van der Waals surface area contributed by atoms with Gasteiger partial charge in [0.15, 0.2) is 0 Å². The van der Waals surface area contributed by atoms with Gasteiger partial charge in [-0.25, -0.2) is 0 Å². The van der Waals surface area contributed by atoms with E-state index in [0.717, 1.165) is 0 Å². The average Bonchev–Trinajstić information content (AvgIpc) is 2.28. The van der Waals surface area contributed by atoms with E-state index in [1.807, 2.05) is 0 Å². The molecule has 2 N–H and O–H groups in total. The Morgan fingerprint density at radius 3 is 2.94 bits per heavy atom. The Labute approximate surface area is 98.8 Å². The van der Waals surface area contributed by atoms with Crippen molar-refractivity contribution in [2.45, 2.75) is 6.10 Å². The highest BCUT2D eigenvalue weighted by atomic mass is 16.5. The Kier molecular flexibility index (Phi) is 4.86. The summed E-state index contributed by atoms with van der Waals surface area (Å²) in [5.41, 5.74) is -0.0393. The number of carbonyl (C=O) groups excluding carboxylic acids is 1. The van der Waals surface area contributed by atoms with Crippen LogP contribution in [-0.4, -0.2) is 54.3 Å². The first-order valence-corrected chi connectivity index (χ1v) is 5.15. The Balaban J connectivity index is 2.67. The number of aliphatic hydroxyl groups is 1. The van der Waals surface area contributed by atoms with Gasteiger partial charge in [0.05, 0.1) is 12.7 Å². The molecule has 6 heteroatoms. The Morgan fingerprint density at radius 1 is 1.65 bits per heavy atom. The first kappa shape index (κ1) is 13.4. The number of nitrogens with zero attached hydrogens (tertiary/aromatic N) is 1. The van der Waals surface area contributed by atoms with Crippen molar-refractivity contribution in [3.63, 3.8) is 0 Å². The van der Waals surface area contributed by atoms with Crippen LogP contribution in [0.3, 0.4) is 0 Å². The SMILES string of the molecule is COCC(O)CN(C)C(=O)c1cc[nH]c(=O)c1. The van der Waals surface area contributed by atoms with Gasteiger partial charge in [0.1, 0.15) is 0 Å². The first-order valence-electron chi connectivity index (χ1n) is 5.15. The molecule has 0 spiro atoms. The van der Waals surface area contributed by atoms with Crippen molar-refractivity contribution >= 4 is 5.91 Å². The van der Waals surface area contributed by atoms with Crippen LogP contribution in [0.1, 0.15) is 10.4 Å². The van der Waals surface area contributed by atoms with Crippen molar-refractivity contribution < 1.29 is 14.6 Å². The summed E-state index contributed by atoms with van der Waals surface area (Å²) in [5, 5.41) is 9.48. The lowest BCUT2D eigenvalue weighted by molar-refractivity contribution is 0.0380. The van der Waals surface area contributed by atoms with Crippen molar-refractivity contribution in [3.05, 3.63) is 34.2 Å². The molecular weight excluding hydrogens is 224 g/mol.